The second-order valence-corrected chi connectivity index (χ2v) is 7.24. The van der Waals surface area contributed by atoms with E-state index in [1.165, 1.54) is 29.6 Å². The van der Waals surface area contributed by atoms with E-state index in [1.807, 2.05) is 19.1 Å². The van der Waals surface area contributed by atoms with Crippen molar-refractivity contribution >= 4 is 28.5 Å². The van der Waals surface area contributed by atoms with Gasteiger partial charge >= 0.3 is 5.63 Å². The van der Waals surface area contributed by atoms with E-state index in [2.05, 4.69) is 29.9 Å². The van der Waals surface area contributed by atoms with Crippen LogP contribution in [0, 0.1) is 18.3 Å². The molecule has 0 aliphatic heterocycles. The van der Waals surface area contributed by atoms with Crippen LogP contribution in [0.2, 0.25) is 0 Å². The lowest BCUT2D eigenvalue weighted by Gasteiger charge is -2.12. The summed E-state index contributed by atoms with van der Waals surface area (Å²) in [7, 11) is 0. The molecule has 0 bridgehead atoms. The lowest BCUT2D eigenvalue weighted by atomic mass is 9.95. The molecule has 0 unspecified atom stereocenters. The van der Waals surface area contributed by atoms with Crippen molar-refractivity contribution in [3.05, 3.63) is 57.1 Å². The molecular weight excluding hydrogens is 348 g/mol. The van der Waals surface area contributed by atoms with Crippen molar-refractivity contribution in [3.8, 4) is 6.07 Å². The number of fused-ring (bicyclic) bond motifs is 1. The van der Waals surface area contributed by atoms with Gasteiger partial charge in [-0.15, -0.1) is 0 Å². The highest BCUT2D eigenvalue weighted by Gasteiger charge is 2.12. The number of nitrogens with two attached hydrogens (primary N) is 1. The summed E-state index contributed by atoms with van der Waals surface area (Å²) in [4.78, 5) is 20.2. The first-order valence-corrected chi connectivity index (χ1v) is 9.10. The molecule has 0 amide bonds. The maximum absolute atomic E-state index is 11.9. The third-order valence-electron chi connectivity index (χ3n) is 4.11. The van der Waals surface area contributed by atoms with Gasteiger partial charge in [0.25, 0.3) is 0 Å². The van der Waals surface area contributed by atoms with E-state index in [4.69, 9.17) is 15.4 Å². The van der Waals surface area contributed by atoms with Crippen LogP contribution in [0.5, 0.6) is 0 Å². The second-order valence-electron chi connectivity index (χ2n) is 6.30. The van der Waals surface area contributed by atoms with Crippen molar-refractivity contribution in [1.29, 1.82) is 5.26 Å². The van der Waals surface area contributed by atoms with Gasteiger partial charge in [0.1, 0.15) is 23.0 Å². The Bertz CT molecular complexity index is 1080. The summed E-state index contributed by atoms with van der Waals surface area (Å²) in [6, 6.07) is 7.44. The average Bonchev–Trinajstić information content (AvgIpc) is 2.58. The van der Waals surface area contributed by atoms with Gasteiger partial charge in [0.2, 0.25) is 0 Å². The van der Waals surface area contributed by atoms with Crippen LogP contribution in [-0.2, 0) is 5.75 Å². The summed E-state index contributed by atoms with van der Waals surface area (Å²) >= 11 is 1.36. The largest absolute Gasteiger partial charge is 0.423 e. The summed E-state index contributed by atoms with van der Waals surface area (Å²) < 4.78 is 5.37. The lowest BCUT2D eigenvalue weighted by molar-refractivity contribution is 0.559. The fourth-order valence-corrected chi connectivity index (χ4v) is 3.62. The average molecular weight is 366 g/mol. The van der Waals surface area contributed by atoms with Crippen LogP contribution in [0.15, 0.2) is 38.8 Å². The number of hydrogen-bond acceptors (Lipinski definition) is 7. The van der Waals surface area contributed by atoms with Crippen molar-refractivity contribution in [2.45, 2.75) is 37.6 Å². The van der Waals surface area contributed by atoms with Gasteiger partial charge in [-0.2, -0.15) is 5.26 Å². The molecule has 6 nitrogen and oxygen atoms in total. The van der Waals surface area contributed by atoms with Crippen molar-refractivity contribution in [1.82, 2.24) is 9.97 Å². The zero-order valence-electron chi connectivity index (χ0n) is 14.7. The number of nitrogens with zero attached hydrogens (tertiary/aromatic N) is 3. The molecule has 3 aromatic rings. The fourth-order valence-electron chi connectivity index (χ4n) is 2.81. The van der Waals surface area contributed by atoms with Gasteiger partial charge in [0.15, 0.2) is 5.16 Å². The monoisotopic (exact) mass is 366 g/mol. The Balaban J connectivity index is 1.99. The molecule has 0 spiro atoms. The quantitative estimate of drug-likeness (QED) is 0.425. The molecule has 26 heavy (non-hydrogen) atoms. The van der Waals surface area contributed by atoms with E-state index in [-0.39, 0.29) is 17.0 Å². The molecule has 0 saturated heterocycles. The van der Waals surface area contributed by atoms with Crippen molar-refractivity contribution in [2.75, 3.05) is 5.73 Å². The minimum atomic E-state index is -0.384. The minimum absolute atomic E-state index is 0.153. The number of aryl methyl sites for hydroxylation is 1. The third-order valence-corrected chi connectivity index (χ3v) is 5.02. The Kier molecular flexibility index (Phi) is 4.96. The SMILES string of the molecule is Cc1cc2oc(=O)cc(CSc3ncc(C#N)c(N)n3)c2cc1C(C)C. The molecule has 2 aromatic heterocycles. The normalized spacial score (nSPS) is 11.0. The molecule has 7 heteroatoms. The first-order valence-electron chi connectivity index (χ1n) is 8.11. The number of nitriles is 1. The summed E-state index contributed by atoms with van der Waals surface area (Å²) in [5, 5.41) is 10.3. The molecule has 2 heterocycles. The Morgan fingerprint density at radius 2 is 2.12 bits per heavy atom. The summed E-state index contributed by atoms with van der Waals surface area (Å²) in [5.74, 6) is 1.02. The van der Waals surface area contributed by atoms with Crippen LogP contribution in [-0.4, -0.2) is 9.97 Å². The molecule has 0 saturated carbocycles. The maximum atomic E-state index is 11.9. The Morgan fingerprint density at radius 3 is 2.77 bits per heavy atom. The zero-order chi connectivity index (χ0) is 18.8. The highest BCUT2D eigenvalue weighted by Crippen LogP contribution is 2.29. The van der Waals surface area contributed by atoms with Crippen LogP contribution in [0.25, 0.3) is 11.0 Å². The van der Waals surface area contributed by atoms with Gasteiger partial charge in [-0.3, -0.25) is 0 Å². The number of rotatable bonds is 4. The van der Waals surface area contributed by atoms with Crippen molar-refractivity contribution in [3.63, 3.8) is 0 Å². The minimum Gasteiger partial charge on any atom is -0.423 e. The summed E-state index contributed by atoms with van der Waals surface area (Å²) in [5.41, 5.74) is 9.35. The van der Waals surface area contributed by atoms with Crippen LogP contribution < -0.4 is 11.4 Å². The van der Waals surface area contributed by atoms with Crippen LogP contribution >= 0.6 is 11.8 Å². The zero-order valence-corrected chi connectivity index (χ0v) is 15.6. The third kappa shape index (κ3) is 3.55. The van der Waals surface area contributed by atoms with E-state index >= 15 is 0 Å². The number of aromatic nitrogens is 2. The first kappa shape index (κ1) is 18.0. The van der Waals surface area contributed by atoms with Crippen molar-refractivity contribution < 1.29 is 4.42 Å². The molecular formula is C19H18N4O2S. The molecule has 0 fully saturated rings. The van der Waals surface area contributed by atoms with Gasteiger partial charge in [-0.05, 0) is 41.7 Å². The van der Waals surface area contributed by atoms with Crippen LogP contribution in [0.3, 0.4) is 0 Å². The molecule has 0 radical (unpaired) electrons. The number of nitrogen functional groups attached to an aromatic ring is 1. The molecule has 0 atom stereocenters. The van der Waals surface area contributed by atoms with Gasteiger partial charge < -0.3 is 10.2 Å². The van der Waals surface area contributed by atoms with E-state index < -0.39 is 0 Å². The highest BCUT2D eigenvalue weighted by atomic mass is 32.2. The predicted octanol–water partition coefficient (Wildman–Crippen LogP) is 3.76. The standard InChI is InChI=1S/C19H18N4O2S/c1-10(2)14-6-15-12(5-17(24)25-16(15)4-11(14)3)9-26-19-22-8-13(7-20)18(21)23-19/h4-6,8,10H,9H2,1-3H3,(H2,21,22,23). The molecule has 2 N–H and O–H groups in total. The van der Waals surface area contributed by atoms with Crippen LogP contribution in [0.4, 0.5) is 5.82 Å². The first-order chi connectivity index (χ1) is 12.4. The second kappa shape index (κ2) is 7.18. The van der Waals surface area contributed by atoms with Gasteiger partial charge in [-0.1, -0.05) is 25.6 Å². The van der Waals surface area contributed by atoms with Gasteiger partial charge in [0.05, 0.1) is 6.20 Å². The molecule has 0 aliphatic carbocycles. The smallest absolute Gasteiger partial charge is 0.336 e. The maximum Gasteiger partial charge on any atom is 0.336 e. The Labute approximate surface area is 155 Å². The van der Waals surface area contributed by atoms with Crippen LogP contribution in [0.1, 0.15) is 42.0 Å². The van der Waals surface area contributed by atoms with Crippen molar-refractivity contribution in [2.24, 2.45) is 0 Å². The molecule has 1 aromatic carbocycles. The Hall–Kier alpha value is -2.85. The molecule has 132 valence electrons. The topological polar surface area (TPSA) is 106 Å². The van der Waals surface area contributed by atoms with E-state index in [0.29, 0.717) is 22.4 Å². The number of hydrogen-bond donors (Lipinski definition) is 1. The fraction of sp³-hybridized carbons (Fsp3) is 0.263. The molecule has 0 aliphatic rings. The van der Waals surface area contributed by atoms with E-state index in [1.54, 1.807) is 0 Å². The van der Waals surface area contributed by atoms with Gasteiger partial charge in [-0.25, -0.2) is 14.8 Å². The summed E-state index contributed by atoms with van der Waals surface area (Å²) in [6.07, 6.45) is 1.41. The van der Waals surface area contributed by atoms with Gasteiger partial charge in [0, 0.05) is 17.2 Å². The van der Waals surface area contributed by atoms with E-state index in [9.17, 15) is 4.79 Å². The number of benzene rings is 1. The molecule has 3 rings (SSSR count). The summed E-state index contributed by atoms with van der Waals surface area (Å²) in [6.45, 7) is 6.29. The van der Waals surface area contributed by atoms with E-state index in [0.717, 1.165) is 16.5 Å². The predicted molar refractivity (Wildman–Crippen MR) is 102 cm³/mol. The number of anilines is 1. The lowest BCUT2D eigenvalue weighted by Crippen LogP contribution is -2.03. The highest BCUT2D eigenvalue weighted by molar-refractivity contribution is 7.98. The number of thioether (sulfide) groups is 1. The Morgan fingerprint density at radius 1 is 1.35 bits per heavy atom.